The maximum atomic E-state index is 12.3. The van der Waals surface area contributed by atoms with Gasteiger partial charge in [0, 0.05) is 20.7 Å². The molecule has 3 rings (SSSR count). The van der Waals surface area contributed by atoms with Gasteiger partial charge in [0.05, 0.1) is 5.02 Å². The lowest BCUT2D eigenvalue weighted by Crippen LogP contribution is -2.10. The highest BCUT2D eigenvalue weighted by Crippen LogP contribution is 2.32. The Morgan fingerprint density at radius 3 is 2.62 bits per heavy atom. The van der Waals surface area contributed by atoms with Crippen molar-refractivity contribution >= 4 is 50.7 Å². The number of aryl methyl sites for hydroxylation is 1. The number of hydrogen-bond acceptors (Lipinski definition) is 2. The molecule has 2 aromatic carbocycles. The Kier molecular flexibility index (Phi) is 4.99. The molecule has 24 heavy (non-hydrogen) atoms. The van der Waals surface area contributed by atoms with Gasteiger partial charge in [-0.3, -0.25) is 4.79 Å². The normalized spacial score (nSPS) is 10.7. The zero-order chi connectivity index (χ0) is 17.3. The van der Waals surface area contributed by atoms with E-state index in [4.69, 9.17) is 27.6 Å². The molecule has 0 saturated heterocycles. The van der Waals surface area contributed by atoms with Gasteiger partial charge in [-0.1, -0.05) is 39.1 Å². The monoisotopic (exact) mass is 423 g/mol. The van der Waals surface area contributed by atoms with Gasteiger partial charge in [0.15, 0.2) is 5.76 Å². The topological polar surface area (TPSA) is 42.2 Å². The summed E-state index contributed by atoms with van der Waals surface area (Å²) in [6, 6.07) is 13.9. The summed E-state index contributed by atoms with van der Waals surface area (Å²) in [6.07, 6.45) is 0. The van der Waals surface area contributed by atoms with Crippen molar-refractivity contribution < 1.29 is 9.21 Å². The SMILES string of the molecule is Cc1cc(NC(=O)c2ccc(-c3cc(Cl)ccc3Cl)o2)ccc1Br. The number of carbonyl (C=O) groups is 1. The van der Waals surface area contributed by atoms with Gasteiger partial charge >= 0.3 is 0 Å². The zero-order valence-electron chi connectivity index (χ0n) is 12.6. The second-order valence-electron chi connectivity index (χ2n) is 5.21. The molecule has 1 amide bonds. The molecule has 0 saturated carbocycles. The summed E-state index contributed by atoms with van der Waals surface area (Å²) in [7, 11) is 0. The van der Waals surface area contributed by atoms with Gasteiger partial charge in [0.2, 0.25) is 0 Å². The van der Waals surface area contributed by atoms with Crippen LogP contribution in [0.2, 0.25) is 10.0 Å². The van der Waals surface area contributed by atoms with Gasteiger partial charge in [-0.25, -0.2) is 0 Å². The highest BCUT2D eigenvalue weighted by molar-refractivity contribution is 9.10. The van der Waals surface area contributed by atoms with Crippen LogP contribution in [0.3, 0.4) is 0 Å². The zero-order valence-corrected chi connectivity index (χ0v) is 15.7. The Labute approximate surface area is 157 Å². The van der Waals surface area contributed by atoms with Crippen LogP contribution in [-0.2, 0) is 0 Å². The molecule has 3 aromatic rings. The lowest BCUT2D eigenvalue weighted by molar-refractivity contribution is 0.0997. The maximum absolute atomic E-state index is 12.3. The predicted molar refractivity (Wildman–Crippen MR) is 101 cm³/mol. The summed E-state index contributed by atoms with van der Waals surface area (Å²) < 4.78 is 6.61. The van der Waals surface area contributed by atoms with E-state index in [2.05, 4.69) is 21.2 Å². The van der Waals surface area contributed by atoms with E-state index >= 15 is 0 Å². The number of carbonyl (C=O) groups excluding carboxylic acids is 1. The lowest BCUT2D eigenvalue weighted by atomic mass is 10.2. The van der Waals surface area contributed by atoms with E-state index in [1.165, 1.54) is 0 Å². The van der Waals surface area contributed by atoms with E-state index in [0.29, 0.717) is 27.1 Å². The Balaban J connectivity index is 1.83. The minimum Gasteiger partial charge on any atom is -0.451 e. The molecule has 0 radical (unpaired) electrons. The fourth-order valence-corrected chi connectivity index (χ4v) is 2.84. The molecule has 0 aliphatic carbocycles. The smallest absolute Gasteiger partial charge is 0.291 e. The van der Waals surface area contributed by atoms with Crippen molar-refractivity contribution in [1.82, 2.24) is 0 Å². The summed E-state index contributed by atoms with van der Waals surface area (Å²) in [4.78, 5) is 12.3. The number of furan rings is 1. The first-order chi connectivity index (χ1) is 11.4. The molecule has 0 aliphatic rings. The fourth-order valence-electron chi connectivity index (χ4n) is 2.21. The number of halogens is 3. The molecule has 122 valence electrons. The second kappa shape index (κ2) is 7.01. The van der Waals surface area contributed by atoms with Crippen LogP contribution in [0.25, 0.3) is 11.3 Å². The number of amides is 1. The molecule has 0 atom stereocenters. The van der Waals surface area contributed by atoms with Crippen LogP contribution in [0.1, 0.15) is 16.1 Å². The molecule has 0 aliphatic heterocycles. The molecule has 0 unspecified atom stereocenters. The first-order valence-corrected chi connectivity index (χ1v) is 8.61. The van der Waals surface area contributed by atoms with Gasteiger partial charge in [-0.2, -0.15) is 0 Å². The molecule has 0 fully saturated rings. The van der Waals surface area contributed by atoms with Gasteiger partial charge in [-0.15, -0.1) is 0 Å². The third-order valence-electron chi connectivity index (χ3n) is 3.44. The van der Waals surface area contributed by atoms with Crippen LogP contribution < -0.4 is 5.32 Å². The average Bonchev–Trinajstić information content (AvgIpc) is 3.03. The van der Waals surface area contributed by atoms with Crippen LogP contribution in [0.5, 0.6) is 0 Å². The highest BCUT2D eigenvalue weighted by atomic mass is 79.9. The van der Waals surface area contributed by atoms with E-state index in [0.717, 1.165) is 10.0 Å². The van der Waals surface area contributed by atoms with Crippen molar-refractivity contribution in [2.75, 3.05) is 5.32 Å². The number of nitrogens with one attached hydrogen (secondary N) is 1. The van der Waals surface area contributed by atoms with Crippen molar-refractivity contribution in [3.63, 3.8) is 0 Å². The minimum atomic E-state index is -0.332. The Morgan fingerprint density at radius 1 is 1.08 bits per heavy atom. The van der Waals surface area contributed by atoms with Crippen molar-refractivity contribution in [2.45, 2.75) is 6.92 Å². The fraction of sp³-hybridized carbons (Fsp3) is 0.0556. The third-order valence-corrected chi connectivity index (χ3v) is 4.89. The molecule has 3 nitrogen and oxygen atoms in total. The molecule has 1 heterocycles. The third kappa shape index (κ3) is 3.66. The van der Waals surface area contributed by atoms with Gasteiger partial charge in [0.1, 0.15) is 5.76 Å². The van der Waals surface area contributed by atoms with Crippen molar-refractivity contribution in [1.29, 1.82) is 0 Å². The Bertz CT molecular complexity index is 921. The highest BCUT2D eigenvalue weighted by Gasteiger charge is 2.15. The summed E-state index contributed by atoms with van der Waals surface area (Å²) in [5.74, 6) is 0.349. The molecule has 0 spiro atoms. The first-order valence-electron chi connectivity index (χ1n) is 7.07. The van der Waals surface area contributed by atoms with E-state index < -0.39 is 0 Å². The first kappa shape index (κ1) is 17.1. The number of hydrogen-bond donors (Lipinski definition) is 1. The summed E-state index contributed by atoms with van der Waals surface area (Å²) in [6.45, 7) is 1.95. The van der Waals surface area contributed by atoms with Crippen LogP contribution >= 0.6 is 39.1 Å². The summed E-state index contributed by atoms with van der Waals surface area (Å²) in [5, 5.41) is 3.85. The van der Waals surface area contributed by atoms with Crippen LogP contribution in [-0.4, -0.2) is 5.91 Å². The molecular formula is C18H12BrCl2NO2. The Morgan fingerprint density at radius 2 is 1.88 bits per heavy atom. The Hall–Kier alpha value is -1.75. The van der Waals surface area contributed by atoms with E-state index in [9.17, 15) is 4.79 Å². The van der Waals surface area contributed by atoms with Crippen LogP contribution in [0.15, 0.2) is 57.4 Å². The quantitative estimate of drug-likeness (QED) is 0.516. The lowest BCUT2D eigenvalue weighted by Gasteiger charge is -2.06. The number of benzene rings is 2. The van der Waals surface area contributed by atoms with E-state index in [-0.39, 0.29) is 11.7 Å². The summed E-state index contributed by atoms with van der Waals surface area (Å²) >= 11 is 15.6. The number of anilines is 1. The molecular weight excluding hydrogens is 413 g/mol. The van der Waals surface area contributed by atoms with Crippen molar-refractivity contribution in [3.8, 4) is 11.3 Å². The van der Waals surface area contributed by atoms with Gasteiger partial charge in [-0.05, 0) is 61.0 Å². The predicted octanol–water partition coefficient (Wildman–Crippen LogP) is 6.58. The standard InChI is InChI=1S/C18H12BrCl2NO2/c1-10-8-12(3-4-14(10)19)22-18(23)17-7-6-16(24-17)13-9-11(20)2-5-15(13)21/h2-9H,1H3,(H,22,23). The molecule has 0 bridgehead atoms. The molecule has 1 aromatic heterocycles. The minimum absolute atomic E-state index is 0.196. The number of rotatable bonds is 3. The average molecular weight is 425 g/mol. The molecule has 1 N–H and O–H groups in total. The van der Waals surface area contributed by atoms with Crippen LogP contribution in [0, 0.1) is 6.92 Å². The molecule has 6 heteroatoms. The van der Waals surface area contributed by atoms with E-state index in [1.54, 1.807) is 30.3 Å². The van der Waals surface area contributed by atoms with Crippen molar-refractivity contribution in [3.05, 3.63) is 74.4 Å². The van der Waals surface area contributed by atoms with Gasteiger partial charge < -0.3 is 9.73 Å². The second-order valence-corrected chi connectivity index (χ2v) is 6.90. The maximum Gasteiger partial charge on any atom is 0.291 e. The van der Waals surface area contributed by atoms with Crippen LogP contribution in [0.4, 0.5) is 5.69 Å². The summed E-state index contributed by atoms with van der Waals surface area (Å²) in [5.41, 5.74) is 2.36. The van der Waals surface area contributed by atoms with E-state index in [1.807, 2.05) is 25.1 Å². The van der Waals surface area contributed by atoms with Crippen molar-refractivity contribution in [2.24, 2.45) is 0 Å². The van der Waals surface area contributed by atoms with Gasteiger partial charge in [0.25, 0.3) is 5.91 Å². The largest absolute Gasteiger partial charge is 0.451 e.